The molecule has 0 atom stereocenters. The molecule has 0 unspecified atom stereocenters. The first-order chi connectivity index (χ1) is 0. The molecule has 4 heavy (non-hydrogen) atoms. The molecule has 20 valence electrons. The Labute approximate surface area is 59.8 Å². The summed E-state index contributed by atoms with van der Waals surface area (Å²) in [5, 5.41) is 0. The maximum absolute atomic E-state index is 0. The van der Waals surface area contributed by atoms with Crippen molar-refractivity contribution in [2.45, 2.75) is 0 Å². The van der Waals surface area contributed by atoms with Crippen LogP contribution >= 0.6 is 0 Å². The first-order valence-corrected chi connectivity index (χ1v) is 0. The van der Waals surface area contributed by atoms with Crippen LogP contribution in [0.25, 0.3) is 0 Å². The Bertz CT molecular complexity index is 3.25. The SMILES string of the molecule is [S+2].[S-2].[S-2].[Zn+2]. The second kappa shape index (κ2) is 22.5. The van der Waals surface area contributed by atoms with Crippen molar-refractivity contribution in [1.29, 1.82) is 0 Å². The van der Waals surface area contributed by atoms with Gasteiger partial charge in [-0.15, -0.1) is 0 Å². The van der Waals surface area contributed by atoms with E-state index in [0.29, 0.717) is 0 Å². The molecule has 0 aromatic heterocycles. The van der Waals surface area contributed by atoms with Gasteiger partial charge in [-0.3, -0.25) is 0 Å². The zero-order valence-electron chi connectivity index (χ0n) is 1.93. The molecule has 0 rings (SSSR count). The van der Waals surface area contributed by atoms with Gasteiger partial charge in [-0.05, 0) is 0 Å². The molecule has 0 aromatic carbocycles. The standard InChI is InChI=1S/3S.Zn/q2*-2;2*+2. The molecule has 4 radical (unpaired) electrons. The van der Waals surface area contributed by atoms with E-state index >= 15 is 0 Å². The summed E-state index contributed by atoms with van der Waals surface area (Å²) in [5.74, 6) is 0. The van der Waals surface area contributed by atoms with Gasteiger partial charge in [0.05, 0.1) is 0 Å². The second-order valence-electron chi connectivity index (χ2n) is 0. The van der Waals surface area contributed by atoms with Crippen LogP contribution in [0.3, 0.4) is 0 Å². The molecule has 0 amide bonds. The Morgan fingerprint density at radius 2 is 0.750 bits per heavy atom. The first kappa shape index (κ1) is 44.3. The molecular formula is S3Zn. The molecule has 0 aliphatic carbocycles. The summed E-state index contributed by atoms with van der Waals surface area (Å²) in [6.07, 6.45) is 0. The molecule has 0 heterocycles. The van der Waals surface area contributed by atoms with Gasteiger partial charge in [-0.25, -0.2) is 0 Å². The fourth-order valence-electron chi connectivity index (χ4n) is 0. The summed E-state index contributed by atoms with van der Waals surface area (Å²) in [6, 6.07) is 0. The van der Waals surface area contributed by atoms with Crippen LogP contribution in [0.15, 0.2) is 0 Å². The molecule has 0 aliphatic rings. The fourth-order valence-corrected chi connectivity index (χ4v) is 0. The van der Waals surface area contributed by atoms with Gasteiger partial charge in [-0.2, -0.15) is 0 Å². The summed E-state index contributed by atoms with van der Waals surface area (Å²) in [4.78, 5) is 0. The summed E-state index contributed by atoms with van der Waals surface area (Å²) < 4.78 is 0. The van der Waals surface area contributed by atoms with Crippen LogP contribution in [0.2, 0.25) is 0 Å². The topological polar surface area (TPSA) is 0 Å². The van der Waals surface area contributed by atoms with Crippen LogP contribution < -0.4 is 0 Å². The van der Waals surface area contributed by atoms with Crippen molar-refractivity contribution in [3.8, 4) is 0 Å². The van der Waals surface area contributed by atoms with E-state index in [9.17, 15) is 0 Å². The second-order valence-corrected chi connectivity index (χ2v) is 0. The maximum Gasteiger partial charge on any atom is 2.00 e. The van der Waals surface area contributed by atoms with Crippen LogP contribution in [-0.2, 0) is 60.0 Å². The van der Waals surface area contributed by atoms with E-state index < -0.39 is 0 Å². The third-order valence-corrected chi connectivity index (χ3v) is 0. The first-order valence-electron chi connectivity index (χ1n) is 0. The number of rotatable bonds is 0. The van der Waals surface area contributed by atoms with Crippen molar-refractivity contribution in [2.75, 3.05) is 0 Å². The minimum Gasteiger partial charge on any atom is -2.00 e. The molecule has 0 saturated carbocycles. The molecule has 0 aliphatic heterocycles. The molecule has 0 bridgehead atoms. The molecule has 0 spiro atoms. The third kappa shape index (κ3) is 9.38. The van der Waals surface area contributed by atoms with Crippen molar-refractivity contribution < 1.29 is 19.5 Å². The quantitative estimate of drug-likeness (QED) is 0.439. The molecule has 0 N–H and O–H groups in total. The summed E-state index contributed by atoms with van der Waals surface area (Å²) >= 11 is 0. The van der Waals surface area contributed by atoms with Gasteiger partial charge < -0.3 is 27.0 Å². The Hall–Kier alpha value is 1.67. The van der Waals surface area contributed by atoms with E-state index in [2.05, 4.69) is 0 Å². The minimum atomic E-state index is 0. The van der Waals surface area contributed by atoms with Crippen LogP contribution in [-0.4, -0.2) is 0 Å². The Kier molecular flexibility index (Phi) is 249. The van der Waals surface area contributed by atoms with Gasteiger partial charge in [0, 0.05) is 0 Å². The van der Waals surface area contributed by atoms with Crippen LogP contribution in [0.1, 0.15) is 0 Å². The van der Waals surface area contributed by atoms with Gasteiger partial charge in [0.2, 0.25) is 0 Å². The minimum absolute atomic E-state index is 0. The van der Waals surface area contributed by atoms with Crippen molar-refractivity contribution >= 4 is 40.5 Å². The van der Waals surface area contributed by atoms with Crippen LogP contribution in [0.4, 0.5) is 0 Å². The smallest absolute Gasteiger partial charge is 2.00 e. The largest absolute Gasteiger partial charge is 2.00 e. The Morgan fingerprint density at radius 3 is 0.750 bits per heavy atom. The van der Waals surface area contributed by atoms with Gasteiger partial charge in [-0.1, -0.05) is 0 Å². The molecule has 0 aromatic rings. The maximum atomic E-state index is 0. The zero-order chi connectivity index (χ0) is 0. The van der Waals surface area contributed by atoms with E-state index in [0.717, 1.165) is 0 Å². The van der Waals surface area contributed by atoms with Gasteiger partial charge in [0.15, 0.2) is 0 Å². The number of hydrogen-bond donors (Lipinski definition) is 0. The predicted molar refractivity (Wildman–Crippen MR) is 22.1 cm³/mol. The molecule has 0 nitrogen and oxygen atoms in total. The fraction of sp³-hybridized carbons (Fsp3) is 0. The average Bonchev–Trinajstić information content (AvgIpc) is 0. The average molecular weight is 162 g/mol. The molecule has 4 heteroatoms. The van der Waals surface area contributed by atoms with Gasteiger partial charge >= 0.3 is 33.0 Å². The van der Waals surface area contributed by atoms with Gasteiger partial charge in [0.1, 0.15) is 0 Å². The van der Waals surface area contributed by atoms with E-state index in [1.165, 1.54) is 0 Å². The Morgan fingerprint density at radius 1 is 0.750 bits per heavy atom. The predicted octanol–water partition coefficient (Wildman–Crippen LogP) is -0.00970. The summed E-state index contributed by atoms with van der Waals surface area (Å²) in [6.45, 7) is 0. The van der Waals surface area contributed by atoms with Crippen LogP contribution in [0.5, 0.6) is 0 Å². The summed E-state index contributed by atoms with van der Waals surface area (Å²) in [5.41, 5.74) is 0. The van der Waals surface area contributed by atoms with Crippen molar-refractivity contribution in [3.05, 3.63) is 0 Å². The van der Waals surface area contributed by atoms with Crippen molar-refractivity contribution in [3.63, 3.8) is 0 Å². The van der Waals surface area contributed by atoms with E-state index in [-0.39, 0.29) is 60.0 Å². The zero-order valence-corrected chi connectivity index (χ0v) is 7.35. The Balaban J connectivity index is 0. The molecule has 0 fully saturated rings. The summed E-state index contributed by atoms with van der Waals surface area (Å²) in [7, 11) is 0. The van der Waals surface area contributed by atoms with Crippen molar-refractivity contribution in [1.82, 2.24) is 0 Å². The van der Waals surface area contributed by atoms with E-state index in [4.69, 9.17) is 0 Å². The van der Waals surface area contributed by atoms with E-state index in [1.54, 1.807) is 0 Å². The monoisotopic (exact) mass is 160 g/mol. The molecule has 0 saturated heterocycles. The van der Waals surface area contributed by atoms with E-state index in [1.807, 2.05) is 0 Å². The number of hydrogen-bond acceptors (Lipinski definition) is 0. The normalized spacial score (nSPS) is 0. The third-order valence-electron chi connectivity index (χ3n) is 0. The van der Waals surface area contributed by atoms with Crippen molar-refractivity contribution in [2.24, 2.45) is 0 Å². The molecular weight excluding hydrogens is 162 g/mol. The van der Waals surface area contributed by atoms with Gasteiger partial charge in [0.25, 0.3) is 0 Å². The van der Waals surface area contributed by atoms with Crippen LogP contribution in [0, 0.1) is 0 Å².